The van der Waals surface area contributed by atoms with E-state index in [4.69, 9.17) is 5.26 Å². The summed E-state index contributed by atoms with van der Waals surface area (Å²) in [6, 6.07) is 9.52. The molecule has 4 heteroatoms. The van der Waals surface area contributed by atoms with Gasteiger partial charge >= 0.3 is 0 Å². The van der Waals surface area contributed by atoms with Gasteiger partial charge in [-0.2, -0.15) is 5.26 Å². The summed E-state index contributed by atoms with van der Waals surface area (Å²) in [4.78, 5) is 4.39. The Bertz CT molecular complexity index is 537. The van der Waals surface area contributed by atoms with E-state index < -0.39 is 0 Å². The molecule has 0 aromatic carbocycles. The molecule has 0 amide bonds. The molecule has 0 saturated heterocycles. The number of nitrogens with zero attached hydrogens (tertiary/aromatic N) is 3. The summed E-state index contributed by atoms with van der Waals surface area (Å²) < 4.78 is 2.73. The van der Waals surface area contributed by atoms with E-state index in [0.717, 1.165) is 16.0 Å². The summed E-state index contributed by atoms with van der Waals surface area (Å²) in [5.74, 6) is 0.761. The number of hydrogen-bond acceptors (Lipinski definition) is 2. The first kappa shape index (κ1) is 9.94. The maximum absolute atomic E-state index is 8.88. The Morgan fingerprint density at radius 2 is 2.20 bits per heavy atom. The van der Waals surface area contributed by atoms with Gasteiger partial charge in [0.05, 0.1) is 5.69 Å². The molecule has 0 aliphatic heterocycles. The fraction of sp³-hybridized carbons (Fsp3) is 0.0909. The van der Waals surface area contributed by atoms with Gasteiger partial charge in [-0.15, -0.1) is 0 Å². The predicted molar refractivity (Wildman–Crippen MR) is 60.7 cm³/mol. The molecule has 0 aliphatic rings. The zero-order valence-corrected chi connectivity index (χ0v) is 9.69. The average molecular weight is 262 g/mol. The minimum absolute atomic E-state index is 0.587. The van der Waals surface area contributed by atoms with E-state index in [1.165, 1.54) is 0 Å². The zero-order valence-electron chi connectivity index (χ0n) is 8.11. The van der Waals surface area contributed by atoms with Gasteiger partial charge in [0.2, 0.25) is 0 Å². The SMILES string of the molecule is Cc1nc(-n2cccc2C#N)ccc1Br. The molecular weight excluding hydrogens is 254 g/mol. The fourth-order valence-electron chi connectivity index (χ4n) is 1.34. The Morgan fingerprint density at radius 1 is 1.40 bits per heavy atom. The van der Waals surface area contributed by atoms with Crippen molar-refractivity contribution < 1.29 is 0 Å². The van der Waals surface area contributed by atoms with Crippen LogP contribution in [0.5, 0.6) is 0 Å². The second-order valence-electron chi connectivity index (χ2n) is 3.11. The fourth-order valence-corrected chi connectivity index (χ4v) is 1.56. The molecule has 0 atom stereocenters. The quantitative estimate of drug-likeness (QED) is 0.792. The largest absolute Gasteiger partial charge is 0.293 e. The summed E-state index contributed by atoms with van der Waals surface area (Å²) in [7, 11) is 0. The van der Waals surface area contributed by atoms with Gasteiger partial charge in [0.25, 0.3) is 0 Å². The van der Waals surface area contributed by atoms with Gasteiger partial charge in [-0.05, 0) is 47.1 Å². The summed E-state index contributed by atoms with van der Waals surface area (Å²) in [5, 5.41) is 8.88. The summed E-state index contributed by atoms with van der Waals surface area (Å²) in [5.41, 5.74) is 1.49. The van der Waals surface area contributed by atoms with Gasteiger partial charge < -0.3 is 0 Å². The maximum Gasteiger partial charge on any atom is 0.137 e. The third-order valence-electron chi connectivity index (χ3n) is 2.12. The monoisotopic (exact) mass is 261 g/mol. The third kappa shape index (κ3) is 1.79. The lowest BCUT2D eigenvalue weighted by atomic mass is 10.3. The van der Waals surface area contributed by atoms with Crippen molar-refractivity contribution in [1.82, 2.24) is 9.55 Å². The first-order valence-electron chi connectivity index (χ1n) is 4.43. The molecule has 2 aromatic rings. The van der Waals surface area contributed by atoms with Gasteiger partial charge in [0.15, 0.2) is 0 Å². The predicted octanol–water partition coefficient (Wildman–Crippen LogP) is 2.81. The van der Waals surface area contributed by atoms with Crippen LogP contribution in [0.15, 0.2) is 34.9 Å². The Hall–Kier alpha value is -1.60. The lowest BCUT2D eigenvalue weighted by Crippen LogP contribution is -1.99. The molecule has 0 unspecified atom stereocenters. The number of aryl methyl sites for hydroxylation is 1. The van der Waals surface area contributed by atoms with Crippen LogP contribution in [0.2, 0.25) is 0 Å². The van der Waals surface area contributed by atoms with Gasteiger partial charge in [-0.25, -0.2) is 4.98 Å². The van der Waals surface area contributed by atoms with Crippen molar-refractivity contribution in [3.05, 3.63) is 46.3 Å². The Balaban J connectivity index is 2.56. The molecule has 2 rings (SSSR count). The lowest BCUT2D eigenvalue weighted by molar-refractivity contribution is 0.967. The first-order chi connectivity index (χ1) is 7.22. The van der Waals surface area contributed by atoms with Gasteiger partial charge in [0, 0.05) is 10.7 Å². The van der Waals surface area contributed by atoms with Crippen molar-refractivity contribution >= 4 is 15.9 Å². The number of pyridine rings is 1. The van der Waals surface area contributed by atoms with E-state index in [1.54, 1.807) is 10.6 Å². The number of hydrogen-bond donors (Lipinski definition) is 0. The molecule has 0 aliphatic carbocycles. The van der Waals surface area contributed by atoms with Crippen LogP contribution in [0.4, 0.5) is 0 Å². The van der Waals surface area contributed by atoms with E-state index in [-0.39, 0.29) is 0 Å². The van der Waals surface area contributed by atoms with Gasteiger partial charge in [0.1, 0.15) is 17.6 Å². The number of rotatable bonds is 1. The van der Waals surface area contributed by atoms with Gasteiger partial charge in [-0.3, -0.25) is 4.57 Å². The molecule has 3 nitrogen and oxygen atoms in total. The second-order valence-corrected chi connectivity index (χ2v) is 3.97. The molecule has 0 spiro atoms. The Labute approximate surface area is 96.1 Å². The second kappa shape index (κ2) is 3.87. The molecular formula is C11H8BrN3. The molecule has 2 aromatic heterocycles. The van der Waals surface area contributed by atoms with Crippen LogP contribution in [-0.2, 0) is 0 Å². The summed E-state index contributed by atoms with van der Waals surface area (Å²) in [6.45, 7) is 1.92. The molecule has 0 fully saturated rings. The van der Waals surface area contributed by atoms with Crippen molar-refractivity contribution in [2.75, 3.05) is 0 Å². The van der Waals surface area contributed by atoms with E-state index >= 15 is 0 Å². The van der Waals surface area contributed by atoms with E-state index in [9.17, 15) is 0 Å². The van der Waals surface area contributed by atoms with E-state index in [1.807, 2.05) is 31.3 Å². The van der Waals surface area contributed by atoms with Gasteiger partial charge in [-0.1, -0.05) is 0 Å². The summed E-state index contributed by atoms with van der Waals surface area (Å²) >= 11 is 3.39. The van der Waals surface area contributed by atoms with Crippen molar-refractivity contribution in [3.63, 3.8) is 0 Å². The molecule has 2 heterocycles. The van der Waals surface area contributed by atoms with Crippen LogP contribution < -0.4 is 0 Å². The average Bonchev–Trinajstić information content (AvgIpc) is 2.70. The van der Waals surface area contributed by atoms with Crippen molar-refractivity contribution in [2.45, 2.75) is 6.92 Å². The van der Waals surface area contributed by atoms with E-state index in [0.29, 0.717) is 5.69 Å². The molecule has 0 bridgehead atoms. The third-order valence-corrected chi connectivity index (χ3v) is 2.95. The van der Waals surface area contributed by atoms with Crippen molar-refractivity contribution in [2.24, 2.45) is 0 Å². The highest BCUT2D eigenvalue weighted by atomic mass is 79.9. The standard InChI is InChI=1S/C11H8BrN3/c1-8-10(12)4-5-11(14-8)15-6-2-3-9(15)7-13/h2-6H,1H3. The Kier molecular flexibility index (Phi) is 2.57. The minimum Gasteiger partial charge on any atom is -0.293 e. The number of halogens is 1. The van der Waals surface area contributed by atoms with Crippen molar-refractivity contribution in [3.8, 4) is 11.9 Å². The van der Waals surface area contributed by atoms with Crippen LogP contribution >= 0.6 is 15.9 Å². The first-order valence-corrected chi connectivity index (χ1v) is 5.22. The molecule has 0 radical (unpaired) electrons. The zero-order chi connectivity index (χ0) is 10.8. The van der Waals surface area contributed by atoms with Crippen LogP contribution in [-0.4, -0.2) is 9.55 Å². The number of aromatic nitrogens is 2. The van der Waals surface area contributed by atoms with Crippen LogP contribution in [0, 0.1) is 18.3 Å². The van der Waals surface area contributed by atoms with Crippen LogP contribution in [0.25, 0.3) is 5.82 Å². The molecule has 0 N–H and O–H groups in total. The van der Waals surface area contributed by atoms with Crippen LogP contribution in [0.3, 0.4) is 0 Å². The van der Waals surface area contributed by atoms with Crippen molar-refractivity contribution in [1.29, 1.82) is 5.26 Å². The molecule has 0 saturated carbocycles. The highest BCUT2D eigenvalue weighted by Gasteiger charge is 2.04. The highest BCUT2D eigenvalue weighted by molar-refractivity contribution is 9.10. The van der Waals surface area contributed by atoms with Crippen LogP contribution in [0.1, 0.15) is 11.4 Å². The topological polar surface area (TPSA) is 41.6 Å². The van der Waals surface area contributed by atoms with E-state index in [2.05, 4.69) is 27.0 Å². The minimum atomic E-state index is 0.587. The normalized spacial score (nSPS) is 9.93. The lowest BCUT2D eigenvalue weighted by Gasteiger charge is -2.05. The maximum atomic E-state index is 8.88. The smallest absolute Gasteiger partial charge is 0.137 e. The molecule has 15 heavy (non-hydrogen) atoms. The highest BCUT2D eigenvalue weighted by Crippen LogP contribution is 2.17. The molecule has 74 valence electrons. The number of nitriles is 1. The summed E-state index contributed by atoms with van der Waals surface area (Å²) in [6.07, 6.45) is 1.83. The Morgan fingerprint density at radius 3 is 2.87 bits per heavy atom.